The maximum atomic E-state index is 13.0. The number of carboxylic acid groups (broad SMARTS) is 1. The van der Waals surface area contributed by atoms with E-state index in [1.807, 2.05) is 52.1 Å². The third kappa shape index (κ3) is 5.38. The van der Waals surface area contributed by atoms with Gasteiger partial charge in [-0.25, -0.2) is 14.5 Å². The van der Waals surface area contributed by atoms with Gasteiger partial charge in [0.25, 0.3) is 11.8 Å². The van der Waals surface area contributed by atoms with Crippen LogP contribution in [0, 0.1) is 7.14 Å². The molecule has 0 saturated carbocycles. The topological polar surface area (TPSA) is 122 Å². The molecule has 1 saturated heterocycles. The molecule has 3 rings (SSSR count). The van der Waals surface area contributed by atoms with Crippen LogP contribution >= 0.6 is 45.2 Å². The zero-order valence-electron chi connectivity index (χ0n) is 16.6. The number of nitrogens with zero attached hydrogens (tertiary/aromatic N) is 1. The molecule has 11 heteroatoms. The number of ether oxygens (including phenoxy) is 2. The minimum Gasteiger partial charge on any atom is -0.494 e. The number of benzene rings is 2. The van der Waals surface area contributed by atoms with Gasteiger partial charge in [-0.2, -0.15) is 0 Å². The van der Waals surface area contributed by atoms with E-state index >= 15 is 0 Å². The summed E-state index contributed by atoms with van der Waals surface area (Å²) < 4.78 is 11.9. The third-order valence-electron chi connectivity index (χ3n) is 4.18. The van der Waals surface area contributed by atoms with Crippen molar-refractivity contribution in [1.29, 1.82) is 0 Å². The number of imide groups is 2. The van der Waals surface area contributed by atoms with Gasteiger partial charge in [0, 0.05) is 0 Å². The van der Waals surface area contributed by atoms with Crippen molar-refractivity contribution in [2.24, 2.45) is 0 Å². The van der Waals surface area contributed by atoms with E-state index < -0.39 is 30.4 Å². The largest absolute Gasteiger partial charge is 0.494 e. The highest BCUT2D eigenvalue weighted by molar-refractivity contribution is 14.1. The molecule has 2 aromatic rings. The molecule has 1 heterocycles. The fraction of sp³-hybridized carbons (Fsp3) is 0.143. The summed E-state index contributed by atoms with van der Waals surface area (Å²) in [6, 6.07) is 8.80. The van der Waals surface area contributed by atoms with Gasteiger partial charge in [0.1, 0.15) is 17.1 Å². The Hall–Kier alpha value is -2.68. The van der Waals surface area contributed by atoms with Crippen LogP contribution in [-0.4, -0.2) is 42.1 Å². The number of rotatable bonds is 7. The van der Waals surface area contributed by atoms with Gasteiger partial charge in [0.15, 0.2) is 6.61 Å². The van der Waals surface area contributed by atoms with Crippen LogP contribution in [0.4, 0.5) is 10.5 Å². The first-order valence-electron chi connectivity index (χ1n) is 9.19. The molecule has 2 N–H and O–H groups in total. The van der Waals surface area contributed by atoms with E-state index in [0.717, 1.165) is 4.90 Å². The first kappa shape index (κ1) is 24.0. The molecular formula is C21H16I2N2O7. The number of carbonyl (C=O) groups is 4. The van der Waals surface area contributed by atoms with Crippen molar-refractivity contribution in [2.75, 3.05) is 18.1 Å². The maximum absolute atomic E-state index is 13.0. The lowest BCUT2D eigenvalue weighted by atomic mass is 10.1. The number of carboxylic acids is 1. The van der Waals surface area contributed by atoms with Crippen molar-refractivity contribution in [1.82, 2.24) is 5.32 Å². The Bertz CT molecular complexity index is 1110. The fourth-order valence-electron chi connectivity index (χ4n) is 2.85. The molecular weight excluding hydrogens is 646 g/mol. The molecule has 1 fully saturated rings. The van der Waals surface area contributed by atoms with Crippen LogP contribution in [0.5, 0.6) is 11.5 Å². The quantitative estimate of drug-likeness (QED) is 0.265. The predicted octanol–water partition coefficient (Wildman–Crippen LogP) is 3.42. The smallest absolute Gasteiger partial charge is 0.341 e. The standard InChI is InChI=1S/C21H16I2N2O7/c1-2-31-13-5-3-12(4-6-13)25-20(29)14(19(28)24-21(25)30)7-11-8-15(22)18(16(23)9-11)32-10-17(26)27/h3-9H,2,10H2,1H3,(H,26,27)(H,24,28,30). The second kappa shape index (κ2) is 10.3. The normalized spacial score (nSPS) is 15.0. The fourth-order valence-corrected chi connectivity index (χ4v) is 4.98. The zero-order chi connectivity index (χ0) is 23.4. The average Bonchev–Trinajstić information content (AvgIpc) is 2.71. The Kier molecular flexibility index (Phi) is 7.71. The molecule has 0 bridgehead atoms. The van der Waals surface area contributed by atoms with Crippen molar-refractivity contribution in [3.63, 3.8) is 0 Å². The van der Waals surface area contributed by atoms with Crippen molar-refractivity contribution < 1.29 is 33.8 Å². The third-order valence-corrected chi connectivity index (χ3v) is 5.78. The highest BCUT2D eigenvalue weighted by Gasteiger charge is 2.36. The van der Waals surface area contributed by atoms with Gasteiger partial charge in [-0.15, -0.1) is 0 Å². The van der Waals surface area contributed by atoms with Crippen LogP contribution in [0.25, 0.3) is 6.08 Å². The molecule has 0 atom stereocenters. The van der Waals surface area contributed by atoms with Gasteiger partial charge < -0.3 is 14.6 Å². The molecule has 9 nitrogen and oxygen atoms in total. The summed E-state index contributed by atoms with van der Waals surface area (Å²) in [6.45, 7) is 1.82. The molecule has 0 spiro atoms. The highest BCUT2D eigenvalue weighted by atomic mass is 127. The molecule has 0 unspecified atom stereocenters. The zero-order valence-corrected chi connectivity index (χ0v) is 20.9. The molecule has 0 radical (unpaired) electrons. The van der Waals surface area contributed by atoms with Crippen LogP contribution in [-0.2, 0) is 14.4 Å². The van der Waals surface area contributed by atoms with Gasteiger partial charge in [-0.05, 0) is 100 Å². The Balaban J connectivity index is 1.93. The van der Waals surface area contributed by atoms with Gasteiger partial charge in [0.05, 0.1) is 19.4 Å². The molecule has 32 heavy (non-hydrogen) atoms. The number of anilines is 1. The Morgan fingerprint density at radius 3 is 2.28 bits per heavy atom. The van der Waals surface area contributed by atoms with Crippen molar-refractivity contribution in [3.8, 4) is 11.5 Å². The lowest BCUT2D eigenvalue weighted by Crippen LogP contribution is -2.54. The van der Waals surface area contributed by atoms with Crippen molar-refractivity contribution >= 4 is 80.8 Å². The summed E-state index contributed by atoms with van der Waals surface area (Å²) in [7, 11) is 0. The number of carbonyl (C=O) groups excluding carboxylic acids is 3. The van der Waals surface area contributed by atoms with Gasteiger partial charge in [-0.1, -0.05) is 0 Å². The Morgan fingerprint density at radius 1 is 1.09 bits per heavy atom. The summed E-state index contributed by atoms with van der Waals surface area (Å²) >= 11 is 3.95. The average molecular weight is 662 g/mol. The van der Waals surface area contributed by atoms with E-state index in [1.165, 1.54) is 6.08 Å². The number of halogens is 2. The predicted molar refractivity (Wildman–Crippen MR) is 132 cm³/mol. The summed E-state index contributed by atoms with van der Waals surface area (Å²) in [5, 5.41) is 11.0. The molecule has 4 amide bonds. The maximum Gasteiger partial charge on any atom is 0.341 e. The number of hydrogen-bond donors (Lipinski definition) is 2. The Labute approximate surface area is 210 Å². The van der Waals surface area contributed by atoms with Crippen LogP contribution < -0.4 is 19.7 Å². The number of nitrogens with one attached hydrogen (secondary N) is 1. The first-order valence-corrected chi connectivity index (χ1v) is 11.3. The number of hydrogen-bond acceptors (Lipinski definition) is 6. The first-order chi connectivity index (χ1) is 15.2. The highest BCUT2D eigenvalue weighted by Crippen LogP contribution is 2.31. The van der Waals surface area contributed by atoms with Gasteiger partial charge in [0.2, 0.25) is 0 Å². The Morgan fingerprint density at radius 2 is 1.72 bits per heavy atom. The molecule has 0 aliphatic carbocycles. The van der Waals surface area contributed by atoms with E-state index in [-0.39, 0.29) is 11.3 Å². The van der Waals surface area contributed by atoms with E-state index in [2.05, 4.69) is 5.32 Å². The van der Waals surface area contributed by atoms with Crippen LogP contribution in [0.3, 0.4) is 0 Å². The SMILES string of the molecule is CCOc1ccc(N2C(=O)NC(=O)C(=Cc3cc(I)c(OCC(=O)O)c(I)c3)C2=O)cc1. The number of aliphatic carboxylic acids is 1. The molecule has 2 aromatic carbocycles. The monoisotopic (exact) mass is 662 g/mol. The van der Waals surface area contributed by atoms with Gasteiger partial charge in [-0.3, -0.25) is 14.9 Å². The minimum atomic E-state index is -1.11. The number of barbiturate groups is 1. The van der Waals surface area contributed by atoms with Crippen molar-refractivity contribution in [2.45, 2.75) is 6.92 Å². The minimum absolute atomic E-state index is 0.218. The van der Waals surface area contributed by atoms with Gasteiger partial charge >= 0.3 is 12.0 Å². The van der Waals surface area contributed by atoms with Crippen LogP contribution in [0.1, 0.15) is 12.5 Å². The number of amides is 4. The molecule has 1 aliphatic rings. The second-order valence-electron chi connectivity index (χ2n) is 6.38. The van der Waals surface area contributed by atoms with E-state index in [0.29, 0.717) is 30.8 Å². The summed E-state index contributed by atoms with van der Waals surface area (Å²) in [4.78, 5) is 49.4. The van der Waals surface area contributed by atoms with Crippen LogP contribution in [0.2, 0.25) is 0 Å². The van der Waals surface area contributed by atoms with Crippen LogP contribution in [0.15, 0.2) is 42.0 Å². The van der Waals surface area contributed by atoms with E-state index in [4.69, 9.17) is 14.6 Å². The molecule has 0 aromatic heterocycles. The van der Waals surface area contributed by atoms with Crippen molar-refractivity contribution in [3.05, 3.63) is 54.7 Å². The molecule has 1 aliphatic heterocycles. The lowest BCUT2D eigenvalue weighted by molar-refractivity contribution is -0.139. The number of urea groups is 1. The second-order valence-corrected chi connectivity index (χ2v) is 8.71. The summed E-state index contributed by atoms with van der Waals surface area (Å²) in [5.41, 5.74) is 0.584. The lowest BCUT2D eigenvalue weighted by Gasteiger charge is -2.26. The van der Waals surface area contributed by atoms with E-state index in [1.54, 1.807) is 36.4 Å². The molecule has 166 valence electrons. The van der Waals surface area contributed by atoms with E-state index in [9.17, 15) is 19.2 Å². The summed E-state index contributed by atoms with van der Waals surface area (Å²) in [6.07, 6.45) is 1.37. The summed E-state index contributed by atoms with van der Waals surface area (Å²) in [5.74, 6) is -1.70.